The molecule has 1 aromatic carbocycles. The molecule has 0 aliphatic carbocycles. The lowest BCUT2D eigenvalue weighted by Gasteiger charge is -2.04. The highest BCUT2D eigenvalue weighted by molar-refractivity contribution is 7.11. The molecule has 1 nitrogen and oxygen atoms in total. The molecule has 0 amide bonds. The lowest BCUT2D eigenvalue weighted by Crippen LogP contribution is -2.11. The van der Waals surface area contributed by atoms with Gasteiger partial charge in [0, 0.05) is 27.9 Å². The van der Waals surface area contributed by atoms with E-state index in [-0.39, 0.29) is 5.82 Å². The number of thiophene rings is 1. The second-order valence-corrected chi connectivity index (χ2v) is 5.79. The molecule has 0 radical (unpaired) electrons. The van der Waals surface area contributed by atoms with Crippen LogP contribution in [0.2, 0.25) is 5.02 Å². The monoisotopic (exact) mass is 283 g/mol. The first kappa shape index (κ1) is 13.5. The summed E-state index contributed by atoms with van der Waals surface area (Å²) < 4.78 is 13.1. The molecule has 0 aliphatic rings. The van der Waals surface area contributed by atoms with Crippen LogP contribution in [0.1, 0.15) is 22.2 Å². The summed E-state index contributed by atoms with van der Waals surface area (Å²) in [5.74, 6) is -0.288. The molecule has 0 spiro atoms. The van der Waals surface area contributed by atoms with Gasteiger partial charge in [-0.25, -0.2) is 4.39 Å². The van der Waals surface area contributed by atoms with Gasteiger partial charge in [-0.3, -0.25) is 0 Å². The van der Waals surface area contributed by atoms with E-state index in [0.717, 1.165) is 18.5 Å². The highest BCUT2D eigenvalue weighted by Gasteiger charge is 2.01. The summed E-state index contributed by atoms with van der Waals surface area (Å²) in [7, 11) is 0. The number of halogens is 2. The van der Waals surface area contributed by atoms with Gasteiger partial charge in [0.1, 0.15) is 5.82 Å². The van der Waals surface area contributed by atoms with Crippen molar-refractivity contribution in [3.05, 3.63) is 56.5 Å². The Morgan fingerprint density at radius 3 is 2.61 bits per heavy atom. The van der Waals surface area contributed by atoms with Crippen LogP contribution in [-0.4, -0.2) is 0 Å². The van der Waals surface area contributed by atoms with E-state index in [1.54, 1.807) is 6.07 Å². The number of nitrogens with one attached hydrogen (secondary N) is 1. The topological polar surface area (TPSA) is 12.0 Å². The van der Waals surface area contributed by atoms with Gasteiger partial charge in [0.2, 0.25) is 0 Å². The molecule has 1 N–H and O–H groups in total. The third-order valence-corrected chi connectivity index (χ3v) is 4.06. The zero-order valence-corrected chi connectivity index (χ0v) is 11.7. The predicted molar refractivity (Wildman–Crippen MR) is 75.7 cm³/mol. The molecule has 96 valence electrons. The minimum Gasteiger partial charge on any atom is -0.308 e. The van der Waals surface area contributed by atoms with Crippen molar-refractivity contribution in [2.75, 3.05) is 0 Å². The fraction of sp³-hybridized carbons (Fsp3) is 0.286. The maximum Gasteiger partial charge on any atom is 0.125 e. The van der Waals surface area contributed by atoms with E-state index in [1.807, 2.05) is 11.3 Å². The Bertz CT molecular complexity index is 504. The van der Waals surface area contributed by atoms with Crippen molar-refractivity contribution in [3.8, 4) is 0 Å². The van der Waals surface area contributed by atoms with Gasteiger partial charge >= 0.3 is 0 Å². The van der Waals surface area contributed by atoms with Crippen molar-refractivity contribution >= 4 is 22.9 Å². The Labute approximate surface area is 116 Å². The third-order valence-electron chi connectivity index (χ3n) is 2.62. The number of hydrogen-bond acceptors (Lipinski definition) is 2. The molecule has 0 fully saturated rings. The number of hydrogen-bond donors (Lipinski definition) is 1. The van der Waals surface area contributed by atoms with Crippen LogP contribution < -0.4 is 5.32 Å². The van der Waals surface area contributed by atoms with E-state index < -0.39 is 0 Å². The Kier molecular flexibility index (Phi) is 4.75. The van der Waals surface area contributed by atoms with E-state index in [2.05, 4.69) is 24.4 Å². The summed E-state index contributed by atoms with van der Waals surface area (Å²) in [6.07, 6.45) is 1.07. The molecule has 0 saturated heterocycles. The summed E-state index contributed by atoms with van der Waals surface area (Å²) >= 11 is 7.61. The molecule has 0 saturated carbocycles. The number of rotatable bonds is 5. The maximum atomic E-state index is 13.1. The zero-order chi connectivity index (χ0) is 13.0. The molecule has 0 aliphatic heterocycles. The van der Waals surface area contributed by atoms with Gasteiger partial charge in [-0.1, -0.05) is 18.5 Å². The Hall–Kier alpha value is -0.900. The van der Waals surface area contributed by atoms with E-state index in [1.165, 1.54) is 21.9 Å². The summed E-state index contributed by atoms with van der Waals surface area (Å²) in [6, 6.07) is 8.89. The normalized spacial score (nSPS) is 10.8. The fourth-order valence-electron chi connectivity index (χ4n) is 1.75. The minimum absolute atomic E-state index is 0.288. The van der Waals surface area contributed by atoms with Crippen LogP contribution in [0.3, 0.4) is 0 Å². The average molecular weight is 284 g/mol. The van der Waals surface area contributed by atoms with Gasteiger partial charge in [0.15, 0.2) is 0 Å². The molecule has 1 aromatic heterocycles. The van der Waals surface area contributed by atoms with E-state index in [0.29, 0.717) is 11.6 Å². The van der Waals surface area contributed by atoms with Gasteiger partial charge in [0.05, 0.1) is 0 Å². The summed E-state index contributed by atoms with van der Waals surface area (Å²) in [6.45, 7) is 3.58. The van der Waals surface area contributed by atoms with Gasteiger partial charge in [-0.05, 0) is 42.3 Å². The third kappa shape index (κ3) is 3.80. The standard InChI is InChI=1S/C14H15ClFNS/c1-2-13-3-4-14(18-13)9-17-8-10-5-11(15)7-12(16)6-10/h3-7,17H,2,8-9H2,1H3. The first-order valence-corrected chi connectivity index (χ1v) is 7.10. The maximum absolute atomic E-state index is 13.1. The Morgan fingerprint density at radius 2 is 1.94 bits per heavy atom. The van der Waals surface area contributed by atoms with Crippen LogP contribution in [0, 0.1) is 5.82 Å². The zero-order valence-electron chi connectivity index (χ0n) is 10.2. The highest BCUT2D eigenvalue weighted by Crippen LogP contribution is 2.17. The van der Waals surface area contributed by atoms with Gasteiger partial charge in [-0.15, -0.1) is 11.3 Å². The fourth-order valence-corrected chi connectivity index (χ4v) is 2.92. The minimum atomic E-state index is -0.288. The number of aryl methyl sites for hydroxylation is 1. The van der Waals surface area contributed by atoms with Gasteiger partial charge < -0.3 is 5.32 Å². The lowest BCUT2D eigenvalue weighted by molar-refractivity contribution is 0.620. The molecule has 2 rings (SSSR count). The molecule has 4 heteroatoms. The van der Waals surface area contributed by atoms with Crippen LogP contribution in [0.25, 0.3) is 0 Å². The molecular weight excluding hydrogens is 269 g/mol. The second-order valence-electron chi connectivity index (χ2n) is 4.10. The lowest BCUT2D eigenvalue weighted by atomic mass is 10.2. The van der Waals surface area contributed by atoms with Crippen LogP contribution in [0.5, 0.6) is 0 Å². The van der Waals surface area contributed by atoms with Gasteiger partial charge in [0.25, 0.3) is 0 Å². The van der Waals surface area contributed by atoms with Crippen LogP contribution in [0.4, 0.5) is 4.39 Å². The Morgan fingerprint density at radius 1 is 1.17 bits per heavy atom. The second kappa shape index (κ2) is 6.32. The van der Waals surface area contributed by atoms with Crippen molar-refractivity contribution < 1.29 is 4.39 Å². The summed E-state index contributed by atoms with van der Waals surface area (Å²) in [5, 5.41) is 3.74. The van der Waals surface area contributed by atoms with E-state index >= 15 is 0 Å². The van der Waals surface area contributed by atoms with Crippen molar-refractivity contribution in [2.45, 2.75) is 26.4 Å². The molecule has 2 aromatic rings. The SMILES string of the molecule is CCc1ccc(CNCc2cc(F)cc(Cl)c2)s1. The molecule has 0 atom stereocenters. The first-order valence-electron chi connectivity index (χ1n) is 5.90. The van der Waals surface area contributed by atoms with Crippen LogP contribution in [0.15, 0.2) is 30.3 Å². The molecule has 0 bridgehead atoms. The molecule has 1 heterocycles. The van der Waals surface area contributed by atoms with Crippen molar-refractivity contribution in [1.82, 2.24) is 5.32 Å². The first-order chi connectivity index (χ1) is 8.67. The highest BCUT2D eigenvalue weighted by atomic mass is 35.5. The number of benzene rings is 1. The molecule has 0 unspecified atom stereocenters. The molecular formula is C14H15ClFNS. The Balaban J connectivity index is 1.88. The van der Waals surface area contributed by atoms with E-state index in [4.69, 9.17) is 11.6 Å². The van der Waals surface area contributed by atoms with Crippen LogP contribution in [-0.2, 0) is 19.5 Å². The smallest absolute Gasteiger partial charge is 0.125 e. The average Bonchev–Trinajstić information content (AvgIpc) is 2.76. The predicted octanol–water partition coefficient (Wildman–Crippen LogP) is 4.39. The van der Waals surface area contributed by atoms with Crippen molar-refractivity contribution in [2.24, 2.45) is 0 Å². The van der Waals surface area contributed by atoms with E-state index in [9.17, 15) is 4.39 Å². The van der Waals surface area contributed by atoms with Crippen molar-refractivity contribution in [3.63, 3.8) is 0 Å². The van der Waals surface area contributed by atoms with Gasteiger partial charge in [-0.2, -0.15) is 0 Å². The summed E-state index contributed by atoms with van der Waals surface area (Å²) in [4.78, 5) is 2.69. The van der Waals surface area contributed by atoms with Crippen LogP contribution >= 0.6 is 22.9 Å². The summed E-state index contributed by atoms with van der Waals surface area (Å²) in [5.41, 5.74) is 0.868. The largest absolute Gasteiger partial charge is 0.308 e. The quantitative estimate of drug-likeness (QED) is 0.858. The molecule has 18 heavy (non-hydrogen) atoms. The van der Waals surface area contributed by atoms with Crippen molar-refractivity contribution in [1.29, 1.82) is 0 Å².